The number of esters is 1. The van der Waals surface area contributed by atoms with Crippen molar-refractivity contribution in [3.8, 4) is 5.69 Å². The molecule has 3 rings (SSSR count). The molecule has 150 valence electrons. The van der Waals surface area contributed by atoms with Crippen LogP contribution in [0.4, 0.5) is 5.69 Å². The molecule has 0 bridgehead atoms. The van der Waals surface area contributed by atoms with Gasteiger partial charge in [-0.15, -0.1) is 0 Å². The fraction of sp³-hybridized carbons (Fsp3) is 0.227. The number of nitrogens with zero attached hydrogens (tertiary/aromatic N) is 2. The number of carbonyl (C=O) groups excluding carboxylic acids is 2. The molecule has 1 N–H and O–H groups in total. The maximum Gasteiger partial charge on any atom is 0.339 e. The topological polar surface area (TPSA) is 82.3 Å². The Bertz CT molecular complexity index is 1110. The van der Waals surface area contributed by atoms with E-state index in [1.165, 1.54) is 11.6 Å². The number of amides is 1. The number of hydrogen-bond donors (Lipinski definition) is 1. The molecule has 0 aliphatic rings. The van der Waals surface area contributed by atoms with Gasteiger partial charge in [-0.2, -0.15) is 0 Å². The average molecular weight is 393 g/mol. The summed E-state index contributed by atoms with van der Waals surface area (Å²) < 4.78 is 8.42. The second-order valence-corrected chi connectivity index (χ2v) is 6.79. The highest BCUT2D eigenvalue weighted by atomic mass is 16.5. The number of para-hydroxylation sites is 1. The summed E-state index contributed by atoms with van der Waals surface area (Å²) in [6.07, 6.45) is -1.06. The minimum Gasteiger partial charge on any atom is -0.449 e. The van der Waals surface area contributed by atoms with Crippen molar-refractivity contribution >= 4 is 17.6 Å². The van der Waals surface area contributed by atoms with Gasteiger partial charge in [0.1, 0.15) is 5.69 Å². The lowest BCUT2D eigenvalue weighted by Crippen LogP contribution is -2.32. The highest BCUT2D eigenvalue weighted by Gasteiger charge is 2.24. The summed E-state index contributed by atoms with van der Waals surface area (Å²) in [6.45, 7) is 5.00. The van der Waals surface area contributed by atoms with E-state index in [0.717, 1.165) is 5.56 Å². The Labute approximate surface area is 168 Å². The Kier molecular flexibility index (Phi) is 5.68. The fourth-order valence-electron chi connectivity index (χ4n) is 3.02. The van der Waals surface area contributed by atoms with Crippen molar-refractivity contribution in [2.24, 2.45) is 7.05 Å². The molecule has 0 aliphatic carbocycles. The van der Waals surface area contributed by atoms with Crippen LogP contribution in [0.25, 0.3) is 5.69 Å². The van der Waals surface area contributed by atoms with Crippen molar-refractivity contribution in [1.29, 1.82) is 0 Å². The van der Waals surface area contributed by atoms with Gasteiger partial charge in [-0.05, 0) is 44.5 Å². The highest BCUT2D eigenvalue weighted by Crippen LogP contribution is 2.15. The number of hydrogen-bond acceptors (Lipinski definition) is 4. The molecule has 1 aromatic heterocycles. The van der Waals surface area contributed by atoms with Crippen molar-refractivity contribution in [3.63, 3.8) is 0 Å². The van der Waals surface area contributed by atoms with Gasteiger partial charge in [0.15, 0.2) is 6.10 Å². The van der Waals surface area contributed by atoms with E-state index in [1.54, 1.807) is 55.9 Å². The Morgan fingerprint density at radius 1 is 1.00 bits per heavy atom. The highest BCUT2D eigenvalue weighted by molar-refractivity contribution is 5.98. The van der Waals surface area contributed by atoms with Crippen molar-refractivity contribution < 1.29 is 14.3 Å². The predicted molar refractivity (Wildman–Crippen MR) is 110 cm³/mol. The maximum absolute atomic E-state index is 12.9. The van der Waals surface area contributed by atoms with Gasteiger partial charge in [0, 0.05) is 7.05 Å². The number of aryl methyl sites for hydroxylation is 1. The van der Waals surface area contributed by atoms with E-state index < -0.39 is 18.0 Å². The Morgan fingerprint density at radius 2 is 1.62 bits per heavy atom. The fourth-order valence-corrected chi connectivity index (χ4v) is 3.02. The Balaban J connectivity index is 1.80. The van der Waals surface area contributed by atoms with Gasteiger partial charge >= 0.3 is 5.97 Å². The number of benzene rings is 2. The number of ether oxygens (including phenoxy) is 1. The van der Waals surface area contributed by atoms with Crippen molar-refractivity contribution in [2.45, 2.75) is 26.9 Å². The first kappa shape index (κ1) is 20.1. The average Bonchev–Trinajstić information content (AvgIpc) is 2.92. The molecule has 1 heterocycles. The SMILES string of the molecule is Cc1ccccc1C(=O)OC(C)C(=O)Nc1c(C)n(C)n(-c2ccccc2)c1=O. The minimum absolute atomic E-state index is 0.153. The normalized spacial score (nSPS) is 11.7. The summed E-state index contributed by atoms with van der Waals surface area (Å²) in [4.78, 5) is 37.8. The molecule has 29 heavy (non-hydrogen) atoms. The van der Waals surface area contributed by atoms with Gasteiger partial charge in [-0.25, -0.2) is 9.48 Å². The summed E-state index contributed by atoms with van der Waals surface area (Å²) in [5.74, 6) is -1.16. The molecule has 0 fully saturated rings. The van der Waals surface area contributed by atoms with E-state index in [1.807, 2.05) is 24.3 Å². The zero-order chi connectivity index (χ0) is 21.1. The number of rotatable bonds is 5. The van der Waals surface area contributed by atoms with E-state index >= 15 is 0 Å². The predicted octanol–water partition coefficient (Wildman–Crippen LogP) is 2.98. The van der Waals surface area contributed by atoms with Crippen LogP contribution in [0.15, 0.2) is 59.4 Å². The van der Waals surface area contributed by atoms with E-state index in [0.29, 0.717) is 16.9 Å². The van der Waals surface area contributed by atoms with E-state index in [4.69, 9.17) is 4.74 Å². The molecule has 0 aliphatic heterocycles. The molecule has 0 saturated carbocycles. The largest absolute Gasteiger partial charge is 0.449 e. The third-order valence-corrected chi connectivity index (χ3v) is 4.82. The second kappa shape index (κ2) is 8.18. The van der Waals surface area contributed by atoms with Gasteiger partial charge < -0.3 is 10.1 Å². The van der Waals surface area contributed by atoms with Crippen LogP contribution in [0.5, 0.6) is 0 Å². The third kappa shape index (κ3) is 3.99. The summed E-state index contributed by atoms with van der Waals surface area (Å²) in [5, 5.41) is 2.61. The summed E-state index contributed by atoms with van der Waals surface area (Å²) in [5.41, 5.74) is 2.22. The van der Waals surface area contributed by atoms with Crippen molar-refractivity contribution in [1.82, 2.24) is 9.36 Å². The van der Waals surface area contributed by atoms with Gasteiger partial charge in [0.25, 0.3) is 11.5 Å². The Hall–Kier alpha value is -3.61. The van der Waals surface area contributed by atoms with Crippen LogP contribution in [0, 0.1) is 13.8 Å². The van der Waals surface area contributed by atoms with Crippen LogP contribution >= 0.6 is 0 Å². The lowest BCUT2D eigenvalue weighted by molar-refractivity contribution is -0.123. The number of aromatic nitrogens is 2. The van der Waals surface area contributed by atoms with Crippen LogP contribution in [0.3, 0.4) is 0 Å². The standard InChI is InChI=1S/C22H23N3O4/c1-14-10-8-9-13-18(14)22(28)29-16(3)20(26)23-19-15(2)24(4)25(21(19)27)17-11-6-5-7-12-17/h5-13,16H,1-4H3,(H,23,26). The monoisotopic (exact) mass is 393 g/mol. The molecule has 2 aromatic carbocycles. The third-order valence-electron chi connectivity index (χ3n) is 4.82. The molecule has 1 atom stereocenters. The maximum atomic E-state index is 12.9. The molecular formula is C22H23N3O4. The molecule has 0 radical (unpaired) electrons. The zero-order valence-corrected chi connectivity index (χ0v) is 16.8. The van der Waals surface area contributed by atoms with E-state index in [2.05, 4.69) is 5.32 Å². The number of carbonyl (C=O) groups is 2. The van der Waals surface area contributed by atoms with E-state index in [9.17, 15) is 14.4 Å². The first-order valence-electron chi connectivity index (χ1n) is 9.22. The van der Waals surface area contributed by atoms with Crippen LogP contribution in [0.2, 0.25) is 0 Å². The second-order valence-electron chi connectivity index (χ2n) is 6.79. The molecular weight excluding hydrogens is 370 g/mol. The van der Waals surface area contributed by atoms with Gasteiger partial charge in [0.05, 0.1) is 16.9 Å². The van der Waals surface area contributed by atoms with Crippen LogP contribution in [0.1, 0.15) is 28.5 Å². The van der Waals surface area contributed by atoms with Crippen LogP contribution < -0.4 is 10.9 Å². The molecule has 1 amide bonds. The summed E-state index contributed by atoms with van der Waals surface area (Å²) >= 11 is 0. The minimum atomic E-state index is -1.06. The lowest BCUT2D eigenvalue weighted by Gasteiger charge is -2.14. The van der Waals surface area contributed by atoms with Crippen molar-refractivity contribution in [3.05, 3.63) is 81.8 Å². The molecule has 0 spiro atoms. The van der Waals surface area contributed by atoms with Crippen LogP contribution in [-0.2, 0) is 16.6 Å². The smallest absolute Gasteiger partial charge is 0.339 e. The van der Waals surface area contributed by atoms with Gasteiger partial charge in [-0.3, -0.25) is 14.3 Å². The number of nitrogens with one attached hydrogen (secondary N) is 1. The van der Waals surface area contributed by atoms with E-state index in [-0.39, 0.29) is 11.2 Å². The summed E-state index contributed by atoms with van der Waals surface area (Å²) in [7, 11) is 1.74. The molecule has 1 unspecified atom stereocenters. The molecule has 7 nitrogen and oxygen atoms in total. The van der Waals surface area contributed by atoms with Gasteiger partial charge in [-0.1, -0.05) is 36.4 Å². The zero-order valence-electron chi connectivity index (χ0n) is 16.8. The molecule has 3 aromatic rings. The quantitative estimate of drug-likeness (QED) is 0.676. The Morgan fingerprint density at radius 3 is 2.28 bits per heavy atom. The van der Waals surface area contributed by atoms with Crippen molar-refractivity contribution in [2.75, 3.05) is 5.32 Å². The lowest BCUT2D eigenvalue weighted by atomic mass is 10.1. The molecule has 7 heteroatoms. The molecule has 0 saturated heterocycles. The first-order valence-corrected chi connectivity index (χ1v) is 9.22. The van der Waals surface area contributed by atoms with Gasteiger partial charge in [0.2, 0.25) is 0 Å². The number of anilines is 1. The summed E-state index contributed by atoms with van der Waals surface area (Å²) in [6, 6.07) is 16.1. The first-order chi connectivity index (χ1) is 13.8. The van der Waals surface area contributed by atoms with Crippen LogP contribution in [-0.4, -0.2) is 27.3 Å².